The van der Waals surface area contributed by atoms with Crippen LogP contribution in [0.5, 0.6) is 0 Å². The Morgan fingerprint density at radius 1 is 0.857 bits per heavy atom. The molecule has 0 saturated heterocycles. The average molecular weight is 389 g/mol. The van der Waals surface area contributed by atoms with Crippen LogP contribution in [0.25, 0.3) is 0 Å². The summed E-state index contributed by atoms with van der Waals surface area (Å²) >= 11 is 0. The Bertz CT molecular complexity index is 504. The molecular formula is C28H52. The van der Waals surface area contributed by atoms with E-state index in [0.717, 1.165) is 35.5 Å². The second-order valence-electron chi connectivity index (χ2n) is 11.3. The molecule has 0 aromatic carbocycles. The fourth-order valence-corrected chi connectivity index (χ4v) is 8.42. The van der Waals surface area contributed by atoms with Crippen LogP contribution in [-0.4, -0.2) is 0 Å². The van der Waals surface area contributed by atoms with Crippen LogP contribution in [0, 0.1) is 46.3 Å². The highest BCUT2D eigenvalue weighted by Gasteiger charge is 2.58. The summed E-state index contributed by atoms with van der Waals surface area (Å²) in [5.41, 5.74) is 2.74. The molecule has 28 heavy (non-hydrogen) atoms. The third-order valence-corrected chi connectivity index (χ3v) is 9.33. The molecule has 0 aliphatic heterocycles. The predicted molar refractivity (Wildman–Crippen MR) is 127 cm³/mol. The zero-order valence-corrected chi connectivity index (χ0v) is 20.7. The lowest BCUT2D eigenvalue weighted by Gasteiger charge is -2.60. The molecule has 8 atom stereocenters. The van der Waals surface area contributed by atoms with Crippen molar-refractivity contribution in [1.82, 2.24) is 0 Å². The third kappa shape index (κ3) is 4.27. The average Bonchev–Trinajstić information content (AvgIpc) is 3.00. The number of hydrogen-bond donors (Lipinski definition) is 0. The third-order valence-electron chi connectivity index (χ3n) is 9.33. The van der Waals surface area contributed by atoms with Crippen molar-refractivity contribution in [2.24, 2.45) is 46.3 Å². The van der Waals surface area contributed by atoms with E-state index < -0.39 is 0 Å². The Kier molecular flexibility index (Phi) is 8.32. The summed E-state index contributed by atoms with van der Waals surface area (Å²) < 4.78 is 0. The van der Waals surface area contributed by atoms with Crippen LogP contribution in [-0.2, 0) is 0 Å². The van der Waals surface area contributed by atoms with Gasteiger partial charge in [-0.25, -0.2) is 0 Å². The van der Waals surface area contributed by atoms with E-state index in [9.17, 15) is 0 Å². The normalized spacial score (nSPS) is 46.6. The van der Waals surface area contributed by atoms with Gasteiger partial charge in [0.2, 0.25) is 0 Å². The Morgan fingerprint density at radius 2 is 1.39 bits per heavy atom. The summed E-state index contributed by atoms with van der Waals surface area (Å²) in [5, 5.41) is 0. The summed E-state index contributed by atoms with van der Waals surface area (Å²) in [6.07, 6.45) is 14.8. The first-order valence-electron chi connectivity index (χ1n) is 12.9. The van der Waals surface area contributed by atoms with Gasteiger partial charge < -0.3 is 0 Å². The lowest BCUT2D eigenvalue weighted by atomic mass is 9.45. The lowest BCUT2D eigenvalue weighted by molar-refractivity contribution is -0.100. The molecule has 164 valence electrons. The summed E-state index contributed by atoms with van der Waals surface area (Å²) in [7, 11) is 0. The number of rotatable bonds is 1. The number of fused-ring (bicyclic) bond motifs is 5. The van der Waals surface area contributed by atoms with E-state index in [4.69, 9.17) is 0 Å². The summed E-state index contributed by atoms with van der Waals surface area (Å²) in [6, 6.07) is 0. The van der Waals surface area contributed by atoms with E-state index in [1.54, 1.807) is 0 Å². The van der Waals surface area contributed by atoms with Gasteiger partial charge in [0.25, 0.3) is 0 Å². The summed E-state index contributed by atoms with van der Waals surface area (Å²) in [6.45, 7) is 22.7. The smallest absolute Gasteiger partial charge is 0.0152 e. The van der Waals surface area contributed by atoms with Crippen molar-refractivity contribution in [1.29, 1.82) is 0 Å². The molecule has 0 aromatic heterocycles. The van der Waals surface area contributed by atoms with E-state index in [2.05, 4.69) is 48.1 Å². The van der Waals surface area contributed by atoms with Crippen LogP contribution in [0.3, 0.4) is 0 Å². The molecule has 4 saturated carbocycles. The zero-order chi connectivity index (χ0) is 21.1. The van der Waals surface area contributed by atoms with Gasteiger partial charge in [0, 0.05) is 0 Å². The molecule has 0 heteroatoms. The van der Waals surface area contributed by atoms with E-state index in [-0.39, 0.29) is 0 Å². The fourth-order valence-electron chi connectivity index (χ4n) is 8.42. The Morgan fingerprint density at radius 3 is 2.00 bits per heavy atom. The molecular weight excluding hydrogens is 336 g/mol. The van der Waals surface area contributed by atoms with Crippen LogP contribution >= 0.6 is 0 Å². The van der Waals surface area contributed by atoms with Gasteiger partial charge in [0.05, 0.1) is 0 Å². The maximum atomic E-state index is 4.36. The SMILES string of the molecule is C=C(C)C1CCC2C3CCC4(C)CC(C)CCC4C3CCC12C.CC.CCC. The molecule has 0 spiro atoms. The Balaban J connectivity index is 0.000000514. The van der Waals surface area contributed by atoms with Crippen LogP contribution in [0.4, 0.5) is 0 Å². The monoisotopic (exact) mass is 388 g/mol. The molecule has 0 nitrogen and oxygen atoms in total. The maximum absolute atomic E-state index is 4.36. The molecule has 0 N–H and O–H groups in total. The highest BCUT2D eigenvalue weighted by molar-refractivity contribution is 5.14. The van der Waals surface area contributed by atoms with Gasteiger partial charge in [-0.05, 0) is 105 Å². The highest BCUT2D eigenvalue weighted by Crippen LogP contribution is 2.67. The fraction of sp³-hybridized carbons (Fsp3) is 0.929. The molecule has 4 aliphatic carbocycles. The minimum absolute atomic E-state index is 0.586. The molecule has 4 aliphatic rings. The molecule has 0 bridgehead atoms. The predicted octanol–water partition coefficient (Wildman–Crippen LogP) is 9.30. The zero-order valence-electron chi connectivity index (χ0n) is 20.7. The first-order valence-corrected chi connectivity index (χ1v) is 12.9. The van der Waals surface area contributed by atoms with Crippen molar-refractivity contribution in [2.75, 3.05) is 0 Å². The highest BCUT2D eigenvalue weighted by atomic mass is 14.6. The van der Waals surface area contributed by atoms with Crippen molar-refractivity contribution < 1.29 is 0 Å². The van der Waals surface area contributed by atoms with Crippen molar-refractivity contribution >= 4 is 0 Å². The summed E-state index contributed by atoms with van der Waals surface area (Å²) in [5.74, 6) is 5.94. The first-order chi connectivity index (χ1) is 13.3. The Hall–Kier alpha value is -0.260. The van der Waals surface area contributed by atoms with E-state index in [0.29, 0.717) is 10.8 Å². The first kappa shape index (κ1) is 24.0. The van der Waals surface area contributed by atoms with E-state index in [1.807, 2.05) is 13.8 Å². The largest absolute Gasteiger partial charge is 0.0998 e. The van der Waals surface area contributed by atoms with Crippen LogP contribution < -0.4 is 0 Å². The molecule has 8 unspecified atom stereocenters. The Labute approximate surface area is 178 Å². The summed E-state index contributed by atoms with van der Waals surface area (Å²) in [4.78, 5) is 0. The number of hydrogen-bond acceptors (Lipinski definition) is 0. The molecule has 0 radical (unpaired) electrons. The van der Waals surface area contributed by atoms with Crippen LogP contribution in [0.1, 0.15) is 120 Å². The van der Waals surface area contributed by atoms with Crippen molar-refractivity contribution in [3.05, 3.63) is 12.2 Å². The van der Waals surface area contributed by atoms with Crippen molar-refractivity contribution in [3.8, 4) is 0 Å². The quantitative estimate of drug-likeness (QED) is 0.392. The van der Waals surface area contributed by atoms with E-state index >= 15 is 0 Å². The standard InChI is InChI=1S/C23H38.C3H8.C2H6/c1-15(2)19-8-9-21-18-10-12-22(4)14-16(3)6-7-20(22)17(18)11-13-23(19,21)5;1-3-2;1-2/h16-21H,1,6-14H2,2-5H3;3H2,1-2H3;1-2H3. The van der Waals surface area contributed by atoms with Gasteiger partial charge in [-0.3, -0.25) is 0 Å². The van der Waals surface area contributed by atoms with Gasteiger partial charge in [-0.2, -0.15) is 0 Å². The van der Waals surface area contributed by atoms with Gasteiger partial charge in [-0.1, -0.05) is 73.5 Å². The topological polar surface area (TPSA) is 0 Å². The molecule has 4 rings (SSSR count). The minimum atomic E-state index is 0.586. The van der Waals surface area contributed by atoms with Gasteiger partial charge in [0.15, 0.2) is 0 Å². The second kappa shape index (κ2) is 9.70. The molecule has 4 fully saturated rings. The van der Waals surface area contributed by atoms with Gasteiger partial charge in [-0.15, -0.1) is 0 Å². The van der Waals surface area contributed by atoms with Crippen molar-refractivity contribution in [3.63, 3.8) is 0 Å². The van der Waals surface area contributed by atoms with Gasteiger partial charge >= 0.3 is 0 Å². The van der Waals surface area contributed by atoms with Crippen LogP contribution in [0.15, 0.2) is 12.2 Å². The van der Waals surface area contributed by atoms with Gasteiger partial charge in [0.1, 0.15) is 0 Å². The molecule has 0 amide bonds. The van der Waals surface area contributed by atoms with E-state index in [1.165, 1.54) is 69.8 Å². The van der Waals surface area contributed by atoms with Crippen LogP contribution in [0.2, 0.25) is 0 Å². The maximum Gasteiger partial charge on any atom is -0.0152 e. The molecule has 0 aromatic rings. The van der Waals surface area contributed by atoms with Crippen molar-refractivity contribution in [2.45, 2.75) is 120 Å². The molecule has 0 heterocycles. The number of allylic oxidation sites excluding steroid dienone is 1. The minimum Gasteiger partial charge on any atom is -0.0998 e. The lowest BCUT2D eigenvalue weighted by Crippen LogP contribution is -2.51. The second-order valence-corrected chi connectivity index (χ2v) is 11.3.